The predicted molar refractivity (Wildman–Crippen MR) is 98.8 cm³/mol. The number of anilines is 1. The smallest absolute Gasteiger partial charge is 0.191 e. The van der Waals surface area contributed by atoms with Crippen LogP contribution in [0.2, 0.25) is 0 Å². The summed E-state index contributed by atoms with van der Waals surface area (Å²) in [6.45, 7) is 3.91. The second-order valence-electron chi connectivity index (χ2n) is 5.71. The molecule has 0 atom stereocenters. The van der Waals surface area contributed by atoms with Crippen LogP contribution >= 0.6 is 0 Å². The van der Waals surface area contributed by atoms with Crippen LogP contribution in [0.3, 0.4) is 0 Å². The number of nitrogens with zero attached hydrogens (tertiary/aromatic N) is 2. The monoisotopic (exact) mass is 328 g/mol. The molecule has 5 heteroatoms. The molecule has 0 radical (unpaired) electrons. The van der Waals surface area contributed by atoms with E-state index in [2.05, 4.69) is 27.8 Å². The summed E-state index contributed by atoms with van der Waals surface area (Å²) in [5, 5.41) is 6.49. The quantitative estimate of drug-likeness (QED) is 0.632. The molecular weight excluding hydrogens is 303 g/mol. The SMILES string of the molecule is CCNC(=NCc1ccc(N(C)C)c(F)c1)NCc1ccccc1. The molecule has 2 N–H and O–H groups in total. The fourth-order valence-electron chi connectivity index (χ4n) is 2.31. The van der Waals surface area contributed by atoms with Crippen LogP contribution in [0.25, 0.3) is 0 Å². The number of nitrogens with one attached hydrogen (secondary N) is 2. The van der Waals surface area contributed by atoms with Crippen LogP contribution in [0.4, 0.5) is 10.1 Å². The maximum Gasteiger partial charge on any atom is 0.191 e. The van der Waals surface area contributed by atoms with E-state index in [0.29, 0.717) is 18.8 Å². The number of rotatable bonds is 6. The van der Waals surface area contributed by atoms with Crippen molar-refractivity contribution in [1.29, 1.82) is 0 Å². The Kier molecular flexibility index (Phi) is 6.61. The van der Waals surface area contributed by atoms with E-state index in [0.717, 1.165) is 18.1 Å². The van der Waals surface area contributed by atoms with E-state index in [9.17, 15) is 4.39 Å². The van der Waals surface area contributed by atoms with Crippen molar-refractivity contribution in [3.63, 3.8) is 0 Å². The minimum atomic E-state index is -0.227. The van der Waals surface area contributed by atoms with Crippen molar-refractivity contribution in [1.82, 2.24) is 10.6 Å². The largest absolute Gasteiger partial charge is 0.375 e. The highest BCUT2D eigenvalue weighted by atomic mass is 19.1. The first-order valence-corrected chi connectivity index (χ1v) is 8.12. The van der Waals surface area contributed by atoms with Crippen LogP contribution in [-0.2, 0) is 13.1 Å². The minimum Gasteiger partial charge on any atom is -0.375 e. The van der Waals surface area contributed by atoms with Crippen LogP contribution in [0.1, 0.15) is 18.1 Å². The zero-order valence-corrected chi connectivity index (χ0v) is 14.5. The van der Waals surface area contributed by atoms with Gasteiger partial charge in [-0.2, -0.15) is 0 Å². The van der Waals surface area contributed by atoms with Crippen LogP contribution < -0.4 is 15.5 Å². The molecule has 0 spiro atoms. The number of halogens is 1. The third-order valence-corrected chi connectivity index (χ3v) is 3.56. The van der Waals surface area contributed by atoms with E-state index in [4.69, 9.17) is 0 Å². The molecule has 0 saturated heterocycles. The van der Waals surface area contributed by atoms with Gasteiger partial charge in [-0.1, -0.05) is 36.4 Å². The van der Waals surface area contributed by atoms with Gasteiger partial charge in [-0.3, -0.25) is 0 Å². The molecule has 128 valence electrons. The molecule has 2 aromatic rings. The second kappa shape index (κ2) is 8.91. The van der Waals surface area contributed by atoms with Crippen LogP contribution in [0.5, 0.6) is 0 Å². The van der Waals surface area contributed by atoms with Gasteiger partial charge in [-0.05, 0) is 30.2 Å². The topological polar surface area (TPSA) is 39.7 Å². The Bertz CT molecular complexity index is 668. The normalized spacial score (nSPS) is 11.2. The lowest BCUT2D eigenvalue weighted by molar-refractivity contribution is 0.624. The molecule has 0 saturated carbocycles. The lowest BCUT2D eigenvalue weighted by atomic mass is 10.2. The van der Waals surface area contributed by atoms with Gasteiger partial charge in [0, 0.05) is 27.2 Å². The first kappa shape index (κ1) is 17.8. The average Bonchev–Trinajstić information content (AvgIpc) is 2.58. The van der Waals surface area contributed by atoms with Crippen molar-refractivity contribution in [3.8, 4) is 0 Å². The number of aliphatic imine (C=N–C) groups is 1. The molecular formula is C19H25FN4. The molecule has 2 rings (SSSR count). The molecule has 2 aromatic carbocycles. The summed E-state index contributed by atoms with van der Waals surface area (Å²) in [6, 6.07) is 15.4. The van der Waals surface area contributed by atoms with Gasteiger partial charge >= 0.3 is 0 Å². The fraction of sp³-hybridized carbons (Fsp3) is 0.316. The zero-order chi connectivity index (χ0) is 17.4. The number of guanidine groups is 1. The molecule has 0 aromatic heterocycles. The minimum absolute atomic E-state index is 0.227. The van der Waals surface area contributed by atoms with Crippen molar-refractivity contribution in [2.75, 3.05) is 25.5 Å². The first-order chi connectivity index (χ1) is 11.6. The summed E-state index contributed by atoms with van der Waals surface area (Å²) < 4.78 is 14.0. The summed E-state index contributed by atoms with van der Waals surface area (Å²) in [5.74, 6) is 0.494. The number of hydrogen-bond donors (Lipinski definition) is 2. The van der Waals surface area contributed by atoms with Gasteiger partial charge < -0.3 is 15.5 Å². The standard InChI is InChI=1S/C19H25FN4/c1-4-21-19(22-13-15-8-6-5-7-9-15)23-14-16-10-11-18(24(2)3)17(20)12-16/h5-12H,4,13-14H2,1-3H3,(H2,21,22,23). The van der Waals surface area contributed by atoms with Gasteiger partial charge in [0.05, 0.1) is 12.2 Å². The first-order valence-electron chi connectivity index (χ1n) is 8.12. The molecule has 4 nitrogen and oxygen atoms in total. The lowest BCUT2D eigenvalue weighted by Crippen LogP contribution is -2.36. The third-order valence-electron chi connectivity index (χ3n) is 3.56. The molecule has 0 aliphatic rings. The highest BCUT2D eigenvalue weighted by Gasteiger charge is 2.05. The van der Waals surface area contributed by atoms with E-state index in [-0.39, 0.29) is 5.82 Å². The van der Waals surface area contributed by atoms with Crippen LogP contribution in [-0.4, -0.2) is 26.6 Å². The Labute approximate surface area is 143 Å². The van der Waals surface area contributed by atoms with Gasteiger partial charge in [0.15, 0.2) is 5.96 Å². The van der Waals surface area contributed by atoms with Crippen LogP contribution in [0.15, 0.2) is 53.5 Å². The summed E-state index contributed by atoms with van der Waals surface area (Å²) in [6.07, 6.45) is 0. The predicted octanol–water partition coefficient (Wildman–Crippen LogP) is 3.15. The Balaban J connectivity index is 2.01. The van der Waals surface area contributed by atoms with Gasteiger partial charge in [-0.15, -0.1) is 0 Å². The van der Waals surface area contributed by atoms with Crippen LogP contribution in [0, 0.1) is 5.82 Å². The van der Waals surface area contributed by atoms with E-state index in [1.165, 1.54) is 5.56 Å². The highest BCUT2D eigenvalue weighted by molar-refractivity contribution is 5.79. The van der Waals surface area contributed by atoms with Crippen molar-refractivity contribution < 1.29 is 4.39 Å². The van der Waals surface area contributed by atoms with Crippen molar-refractivity contribution >= 4 is 11.6 Å². The lowest BCUT2D eigenvalue weighted by Gasteiger charge is -2.14. The maximum atomic E-state index is 14.0. The van der Waals surface area contributed by atoms with Crippen molar-refractivity contribution in [2.24, 2.45) is 4.99 Å². The Morgan fingerprint density at radius 3 is 2.42 bits per heavy atom. The fourth-order valence-corrected chi connectivity index (χ4v) is 2.31. The number of hydrogen-bond acceptors (Lipinski definition) is 2. The molecule has 0 unspecified atom stereocenters. The zero-order valence-electron chi connectivity index (χ0n) is 14.5. The summed E-state index contributed by atoms with van der Waals surface area (Å²) in [4.78, 5) is 6.29. The van der Waals surface area contributed by atoms with E-state index < -0.39 is 0 Å². The van der Waals surface area contributed by atoms with Gasteiger partial charge in [-0.25, -0.2) is 9.38 Å². The summed E-state index contributed by atoms with van der Waals surface area (Å²) >= 11 is 0. The molecule has 0 heterocycles. The molecule has 0 bridgehead atoms. The Morgan fingerprint density at radius 2 is 1.79 bits per heavy atom. The Morgan fingerprint density at radius 1 is 1.04 bits per heavy atom. The molecule has 0 aliphatic carbocycles. The third kappa shape index (κ3) is 5.26. The van der Waals surface area contributed by atoms with Crippen molar-refractivity contribution in [2.45, 2.75) is 20.0 Å². The highest BCUT2D eigenvalue weighted by Crippen LogP contribution is 2.18. The molecule has 0 fully saturated rings. The summed E-state index contributed by atoms with van der Waals surface area (Å²) in [7, 11) is 3.65. The Hall–Kier alpha value is -2.56. The van der Waals surface area contributed by atoms with E-state index in [1.807, 2.05) is 45.3 Å². The summed E-state index contributed by atoms with van der Waals surface area (Å²) in [5.41, 5.74) is 2.61. The molecule has 0 amide bonds. The maximum absolute atomic E-state index is 14.0. The van der Waals surface area contributed by atoms with E-state index >= 15 is 0 Å². The van der Waals surface area contributed by atoms with E-state index in [1.54, 1.807) is 17.0 Å². The molecule has 0 aliphatic heterocycles. The average molecular weight is 328 g/mol. The molecule has 24 heavy (non-hydrogen) atoms. The second-order valence-corrected chi connectivity index (χ2v) is 5.71. The van der Waals surface area contributed by atoms with Gasteiger partial charge in [0.2, 0.25) is 0 Å². The van der Waals surface area contributed by atoms with Gasteiger partial charge in [0.1, 0.15) is 5.82 Å². The van der Waals surface area contributed by atoms with Gasteiger partial charge in [0.25, 0.3) is 0 Å². The van der Waals surface area contributed by atoms with Crippen molar-refractivity contribution in [3.05, 3.63) is 65.5 Å². The number of benzene rings is 2.